The summed E-state index contributed by atoms with van der Waals surface area (Å²) in [6, 6.07) is 8.05. The lowest BCUT2D eigenvalue weighted by Crippen LogP contribution is -2.36. The van der Waals surface area contributed by atoms with Gasteiger partial charge in [-0.3, -0.25) is 14.9 Å². The molecule has 1 N–H and O–H groups in total. The molecule has 25 heavy (non-hydrogen) atoms. The predicted octanol–water partition coefficient (Wildman–Crippen LogP) is 2.39. The Balaban J connectivity index is 1.85. The molecular weight excluding hydrogens is 324 g/mol. The number of rotatable bonds is 4. The molecule has 0 saturated carbocycles. The largest absolute Gasteiger partial charge is 0.378 e. The van der Waals surface area contributed by atoms with Gasteiger partial charge in [0.2, 0.25) is 0 Å². The number of hydrogen-bond acceptors (Lipinski definition) is 6. The van der Waals surface area contributed by atoms with Crippen LogP contribution in [0.15, 0.2) is 36.5 Å². The number of aryl methyl sites for hydroxylation is 1. The van der Waals surface area contributed by atoms with Crippen LogP contribution in [0.5, 0.6) is 0 Å². The van der Waals surface area contributed by atoms with Crippen molar-refractivity contribution in [2.45, 2.75) is 6.92 Å². The molecule has 1 aliphatic rings. The Bertz CT molecular complexity index is 803. The second-order valence-electron chi connectivity index (χ2n) is 5.73. The summed E-state index contributed by atoms with van der Waals surface area (Å²) in [5, 5.41) is 14.1. The maximum atomic E-state index is 12.4. The predicted molar refractivity (Wildman–Crippen MR) is 93.1 cm³/mol. The van der Waals surface area contributed by atoms with Gasteiger partial charge in [0.1, 0.15) is 11.5 Å². The number of nitro groups is 1. The monoisotopic (exact) mass is 342 g/mol. The molecule has 0 spiro atoms. The first-order valence-corrected chi connectivity index (χ1v) is 7.90. The summed E-state index contributed by atoms with van der Waals surface area (Å²) in [6.07, 6.45) is 1.59. The van der Waals surface area contributed by atoms with Crippen molar-refractivity contribution in [3.63, 3.8) is 0 Å². The van der Waals surface area contributed by atoms with Crippen LogP contribution in [-0.2, 0) is 4.74 Å². The van der Waals surface area contributed by atoms with Crippen LogP contribution in [0.4, 0.5) is 17.2 Å². The number of hydrogen-bond donors (Lipinski definition) is 1. The molecule has 8 heteroatoms. The molecular formula is C17H18N4O4. The van der Waals surface area contributed by atoms with Crippen LogP contribution in [-0.4, -0.2) is 42.1 Å². The van der Waals surface area contributed by atoms with E-state index >= 15 is 0 Å². The van der Waals surface area contributed by atoms with Crippen molar-refractivity contribution in [3.8, 4) is 0 Å². The third kappa shape index (κ3) is 3.92. The topological polar surface area (TPSA) is 97.6 Å². The van der Waals surface area contributed by atoms with Crippen molar-refractivity contribution in [1.29, 1.82) is 0 Å². The van der Waals surface area contributed by atoms with Gasteiger partial charge < -0.3 is 15.0 Å². The van der Waals surface area contributed by atoms with E-state index in [9.17, 15) is 14.9 Å². The lowest BCUT2D eigenvalue weighted by Gasteiger charge is -2.28. The highest BCUT2D eigenvalue weighted by molar-refractivity contribution is 6.04. The minimum absolute atomic E-state index is 0.0910. The minimum atomic E-state index is -0.466. The molecule has 2 aromatic rings. The Hall–Kier alpha value is -3.00. The number of nitrogens with zero attached hydrogens (tertiary/aromatic N) is 3. The Morgan fingerprint density at radius 3 is 2.72 bits per heavy atom. The van der Waals surface area contributed by atoms with E-state index in [1.54, 1.807) is 24.4 Å². The molecule has 1 aromatic heterocycles. The lowest BCUT2D eigenvalue weighted by molar-refractivity contribution is -0.384. The Morgan fingerprint density at radius 2 is 2.04 bits per heavy atom. The first-order valence-electron chi connectivity index (χ1n) is 7.90. The van der Waals surface area contributed by atoms with E-state index < -0.39 is 10.8 Å². The summed E-state index contributed by atoms with van der Waals surface area (Å²) >= 11 is 0. The van der Waals surface area contributed by atoms with Gasteiger partial charge in [0, 0.05) is 30.9 Å². The fourth-order valence-electron chi connectivity index (χ4n) is 2.68. The Kier molecular flexibility index (Phi) is 4.90. The molecule has 3 rings (SSSR count). The number of carbonyl (C=O) groups is 1. The first-order chi connectivity index (χ1) is 12.0. The third-order valence-corrected chi connectivity index (χ3v) is 3.94. The Labute approximate surface area is 144 Å². The van der Waals surface area contributed by atoms with Crippen LogP contribution in [0.1, 0.15) is 15.9 Å². The van der Waals surface area contributed by atoms with Crippen LogP contribution in [0, 0.1) is 17.0 Å². The number of carbonyl (C=O) groups excluding carboxylic acids is 1. The lowest BCUT2D eigenvalue weighted by atomic mass is 10.1. The quantitative estimate of drug-likeness (QED) is 0.677. The highest BCUT2D eigenvalue weighted by atomic mass is 16.6. The number of pyridine rings is 1. The van der Waals surface area contributed by atoms with E-state index in [2.05, 4.69) is 10.3 Å². The number of morpholine rings is 1. The molecule has 0 atom stereocenters. The van der Waals surface area contributed by atoms with E-state index in [0.717, 1.165) is 5.56 Å². The molecule has 0 radical (unpaired) electrons. The fraction of sp³-hybridized carbons (Fsp3) is 0.294. The second-order valence-corrected chi connectivity index (χ2v) is 5.73. The van der Waals surface area contributed by atoms with Crippen LogP contribution in [0.25, 0.3) is 0 Å². The number of ether oxygens (including phenoxy) is 1. The van der Waals surface area contributed by atoms with E-state index in [-0.39, 0.29) is 11.3 Å². The van der Waals surface area contributed by atoms with E-state index in [4.69, 9.17) is 4.74 Å². The van der Waals surface area contributed by atoms with Crippen molar-refractivity contribution in [3.05, 3.63) is 57.8 Å². The van der Waals surface area contributed by atoms with Crippen LogP contribution < -0.4 is 10.2 Å². The number of anilines is 2. The third-order valence-electron chi connectivity index (χ3n) is 3.94. The number of amides is 1. The zero-order chi connectivity index (χ0) is 17.8. The van der Waals surface area contributed by atoms with Gasteiger partial charge in [-0.25, -0.2) is 4.98 Å². The standard InChI is InChI=1S/C17H18N4O4/c1-12-4-5-18-16(10-12)19-17(22)13-2-3-14(15(11-13)21(23)24)20-6-8-25-9-7-20/h2-5,10-11H,6-9H2,1H3,(H,18,19,22). The molecule has 1 amide bonds. The first kappa shape index (κ1) is 16.8. The van der Waals surface area contributed by atoms with Crippen molar-refractivity contribution < 1.29 is 14.5 Å². The fourth-order valence-corrected chi connectivity index (χ4v) is 2.68. The highest BCUT2D eigenvalue weighted by Gasteiger charge is 2.23. The molecule has 1 aromatic carbocycles. The van der Waals surface area contributed by atoms with E-state index in [0.29, 0.717) is 37.8 Å². The van der Waals surface area contributed by atoms with Gasteiger partial charge in [-0.05, 0) is 36.8 Å². The summed E-state index contributed by atoms with van der Waals surface area (Å²) in [7, 11) is 0. The molecule has 130 valence electrons. The van der Waals surface area contributed by atoms with Crippen molar-refractivity contribution >= 4 is 23.1 Å². The van der Waals surface area contributed by atoms with Gasteiger partial charge >= 0.3 is 0 Å². The zero-order valence-electron chi connectivity index (χ0n) is 13.8. The molecule has 1 saturated heterocycles. The second kappa shape index (κ2) is 7.27. The van der Waals surface area contributed by atoms with Gasteiger partial charge in [-0.15, -0.1) is 0 Å². The molecule has 0 unspecified atom stereocenters. The van der Waals surface area contributed by atoms with Crippen molar-refractivity contribution in [1.82, 2.24) is 4.98 Å². The average Bonchev–Trinajstić information content (AvgIpc) is 2.62. The molecule has 8 nitrogen and oxygen atoms in total. The summed E-state index contributed by atoms with van der Waals surface area (Å²) in [6.45, 7) is 4.11. The van der Waals surface area contributed by atoms with Gasteiger partial charge in [0.25, 0.3) is 11.6 Å². The van der Waals surface area contributed by atoms with E-state index in [1.165, 1.54) is 6.07 Å². The van der Waals surface area contributed by atoms with Crippen molar-refractivity contribution in [2.24, 2.45) is 0 Å². The SMILES string of the molecule is Cc1ccnc(NC(=O)c2ccc(N3CCOCC3)c([N+](=O)[O-])c2)c1. The minimum Gasteiger partial charge on any atom is -0.378 e. The smallest absolute Gasteiger partial charge is 0.293 e. The van der Waals surface area contributed by atoms with Gasteiger partial charge in [0.15, 0.2) is 0 Å². The van der Waals surface area contributed by atoms with Crippen LogP contribution in [0.2, 0.25) is 0 Å². The molecule has 0 aliphatic carbocycles. The summed E-state index contributed by atoms with van der Waals surface area (Å²) < 4.78 is 5.28. The highest BCUT2D eigenvalue weighted by Crippen LogP contribution is 2.30. The van der Waals surface area contributed by atoms with Gasteiger partial charge in [-0.1, -0.05) is 0 Å². The molecule has 1 aliphatic heterocycles. The summed E-state index contributed by atoms with van der Waals surface area (Å²) in [5.74, 6) is -0.0281. The van der Waals surface area contributed by atoms with Crippen LogP contribution in [0.3, 0.4) is 0 Å². The number of nitro benzene ring substituents is 1. The molecule has 1 fully saturated rings. The van der Waals surface area contributed by atoms with Crippen LogP contribution >= 0.6 is 0 Å². The number of benzene rings is 1. The zero-order valence-corrected chi connectivity index (χ0v) is 13.8. The maximum Gasteiger partial charge on any atom is 0.293 e. The number of nitrogens with one attached hydrogen (secondary N) is 1. The maximum absolute atomic E-state index is 12.4. The average molecular weight is 342 g/mol. The number of aromatic nitrogens is 1. The molecule has 0 bridgehead atoms. The van der Waals surface area contributed by atoms with Crippen molar-refractivity contribution in [2.75, 3.05) is 36.5 Å². The van der Waals surface area contributed by atoms with E-state index in [1.807, 2.05) is 17.9 Å². The van der Waals surface area contributed by atoms with Gasteiger partial charge in [0.05, 0.1) is 18.1 Å². The Morgan fingerprint density at radius 1 is 1.28 bits per heavy atom. The molecule has 2 heterocycles. The van der Waals surface area contributed by atoms with Gasteiger partial charge in [-0.2, -0.15) is 0 Å². The summed E-state index contributed by atoms with van der Waals surface area (Å²) in [5.41, 5.74) is 1.58. The normalized spacial score (nSPS) is 14.2. The summed E-state index contributed by atoms with van der Waals surface area (Å²) in [4.78, 5) is 29.3.